The van der Waals surface area contributed by atoms with Crippen molar-refractivity contribution >= 4 is 23.4 Å². The van der Waals surface area contributed by atoms with Crippen molar-refractivity contribution in [3.05, 3.63) is 22.8 Å². The number of carbonyl (C=O) groups is 1. The number of halogens is 1. The molecule has 20 heavy (non-hydrogen) atoms. The second kappa shape index (κ2) is 8.35. The Morgan fingerprint density at radius 1 is 1.60 bits per heavy atom. The molecule has 0 bridgehead atoms. The quantitative estimate of drug-likeness (QED) is 0.712. The number of nitrogens with zero attached hydrogens (tertiary/aromatic N) is 3. The molecule has 0 unspecified atom stereocenters. The van der Waals surface area contributed by atoms with Gasteiger partial charge in [0.2, 0.25) is 0 Å². The number of pyridine rings is 1. The predicted octanol–water partition coefficient (Wildman–Crippen LogP) is 1.62. The molecule has 0 radical (unpaired) electrons. The van der Waals surface area contributed by atoms with E-state index in [1.165, 1.54) is 12.3 Å². The Morgan fingerprint density at radius 3 is 2.95 bits per heavy atom. The van der Waals surface area contributed by atoms with Gasteiger partial charge in [0, 0.05) is 19.9 Å². The van der Waals surface area contributed by atoms with Gasteiger partial charge in [-0.2, -0.15) is 5.26 Å². The van der Waals surface area contributed by atoms with Crippen molar-refractivity contribution < 1.29 is 14.3 Å². The van der Waals surface area contributed by atoms with Crippen LogP contribution >= 0.6 is 11.6 Å². The molecule has 1 aromatic heterocycles. The Labute approximate surface area is 122 Å². The molecule has 0 aliphatic carbocycles. The number of rotatable bonds is 7. The zero-order valence-corrected chi connectivity index (χ0v) is 12.2. The molecule has 0 fully saturated rings. The first-order chi connectivity index (χ1) is 9.63. The SMILES string of the molecule is CCOC(=O)CN(CCOC)c1nccc(C#N)c1Cl. The number of aromatic nitrogens is 1. The second-order valence-corrected chi connectivity index (χ2v) is 4.21. The maximum Gasteiger partial charge on any atom is 0.325 e. The van der Waals surface area contributed by atoms with E-state index in [2.05, 4.69) is 4.98 Å². The number of hydrogen-bond acceptors (Lipinski definition) is 6. The summed E-state index contributed by atoms with van der Waals surface area (Å²) < 4.78 is 9.92. The van der Waals surface area contributed by atoms with Crippen LogP contribution in [0.1, 0.15) is 12.5 Å². The molecule has 6 nitrogen and oxygen atoms in total. The smallest absolute Gasteiger partial charge is 0.325 e. The van der Waals surface area contributed by atoms with Crippen LogP contribution in [0.5, 0.6) is 0 Å². The number of nitriles is 1. The molecule has 0 N–H and O–H groups in total. The van der Waals surface area contributed by atoms with Crippen LogP contribution in [0.25, 0.3) is 0 Å². The van der Waals surface area contributed by atoms with Gasteiger partial charge in [0.25, 0.3) is 0 Å². The summed E-state index contributed by atoms with van der Waals surface area (Å²) in [7, 11) is 1.56. The van der Waals surface area contributed by atoms with Gasteiger partial charge >= 0.3 is 5.97 Å². The minimum atomic E-state index is -0.385. The molecule has 0 saturated heterocycles. The van der Waals surface area contributed by atoms with Crippen LogP contribution in [0.3, 0.4) is 0 Å². The van der Waals surface area contributed by atoms with Crippen LogP contribution in [0.15, 0.2) is 12.3 Å². The largest absolute Gasteiger partial charge is 0.465 e. The van der Waals surface area contributed by atoms with Gasteiger partial charge < -0.3 is 14.4 Å². The van der Waals surface area contributed by atoms with Gasteiger partial charge in [0.15, 0.2) is 0 Å². The standard InChI is InChI=1S/C13H16ClN3O3/c1-3-20-11(18)9-17(6-7-19-2)13-12(14)10(8-15)4-5-16-13/h4-5H,3,6-7,9H2,1-2H3. The van der Waals surface area contributed by atoms with Gasteiger partial charge in [-0.15, -0.1) is 0 Å². The van der Waals surface area contributed by atoms with E-state index in [0.717, 1.165) is 0 Å². The Hall–Kier alpha value is -1.84. The lowest BCUT2D eigenvalue weighted by Crippen LogP contribution is -2.34. The first kappa shape index (κ1) is 16.2. The molecule has 0 spiro atoms. The van der Waals surface area contributed by atoms with Gasteiger partial charge in [-0.3, -0.25) is 4.79 Å². The highest BCUT2D eigenvalue weighted by atomic mass is 35.5. The van der Waals surface area contributed by atoms with Crippen molar-refractivity contribution in [1.82, 2.24) is 4.98 Å². The van der Waals surface area contributed by atoms with Crippen LogP contribution in [-0.2, 0) is 14.3 Å². The summed E-state index contributed by atoms with van der Waals surface area (Å²) >= 11 is 6.12. The van der Waals surface area contributed by atoms with Crippen LogP contribution in [0.2, 0.25) is 5.02 Å². The average molecular weight is 298 g/mol. The number of carbonyl (C=O) groups excluding carboxylic acids is 1. The van der Waals surface area contributed by atoms with E-state index < -0.39 is 0 Å². The molecule has 1 aromatic rings. The van der Waals surface area contributed by atoms with Crippen molar-refractivity contribution in [2.75, 3.05) is 38.3 Å². The maximum atomic E-state index is 11.6. The molecule has 0 aliphatic rings. The first-order valence-corrected chi connectivity index (χ1v) is 6.45. The first-order valence-electron chi connectivity index (χ1n) is 6.08. The van der Waals surface area contributed by atoms with E-state index in [1.807, 2.05) is 6.07 Å². The molecule has 0 aliphatic heterocycles. The zero-order valence-electron chi connectivity index (χ0n) is 11.4. The molecular weight excluding hydrogens is 282 g/mol. The van der Waals surface area contributed by atoms with E-state index in [4.69, 9.17) is 26.3 Å². The molecular formula is C13H16ClN3O3. The monoisotopic (exact) mass is 297 g/mol. The molecule has 0 saturated carbocycles. The van der Waals surface area contributed by atoms with E-state index >= 15 is 0 Å². The van der Waals surface area contributed by atoms with E-state index in [0.29, 0.717) is 31.1 Å². The summed E-state index contributed by atoms with van der Waals surface area (Å²) in [5.74, 6) is -0.0142. The van der Waals surface area contributed by atoms with Gasteiger partial charge in [-0.25, -0.2) is 4.98 Å². The molecule has 0 atom stereocenters. The van der Waals surface area contributed by atoms with Crippen LogP contribution < -0.4 is 4.90 Å². The van der Waals surface area contributed by atoms with Gasteiger partial charge in [-0.05, 0) is 13.0 Å². The van der Waals surface area contributed by atoms with E-state index in [-0.39, 0.29) is 17.5 Å². The summed E-state index contributed by atoms with van der Waals surface area (Å²) in [4.78, 5) is 17.4. The number of ether oxygens (including phenoxy) is 2. The molecule has 0 aromatic carbocycles. The van der Waals surface area contributed by atoms with Crippen molar-refractivity contribution in [3.8, 4) is 6.07 Å². The number of hydrogen-bond donors (Lipinski definition) is 0. The minimum absolute atomic E-state index is 0.00119. The highest BCUT2D eigenvalue weighted by Gasteiger charge is 2.18. The summed E-state index contributed by atoms with van der Waals surface area (Å²) in [5, 5.41) is 9.19. The predicted molar refractivity (Wildman–Crippen MR) is 74.7 cm³/mol. The fraction of sp³-hybridized carbons (Fsp3) is 0.462. The number of methoxy groups -OCH3 is 1. The fourth-order valence-corrected chi connectivity index (χ4v) is 1.84. The Kier molecular flexibility index (Phi) is 6.77. The van der Waals surface area contributed by atoms with Crippen molar-refractivity contribution in [2.24, 2.45) is 0 Å². The van der Waals surface area contributed by atoms with Gasteiger partial charge in [0.1, 0.15) is 23.5 Å². The topological polar surface area (TPSA) is 75.4 Å². The summed E-state index contributed by atoms with van der Waals surface area (Å²) in [6.45, 7) is 2.85. The van der Waals surface area contributed by atoms with Gasteiger partial charge in [-0.1, -0.05) is 11.6 Å². The Bertz CT molecular complexity index is 502. The highest BCUT2D eigenvalue weighted by molar-refractivity contribution is 6.34. The molecule has 1 rings (SSSR count). The fourth-order valence-electron chi connectivity index (χ4n) is 1.56. The Balaban J connectivity index is 2.98. The normalized spacial score (nSPS) is 9.90. The second-order valence-electron chi connectivity index (χ2n) is 3.83. The third-order valence-corrected chi connectivity index (χ3v) is 2.85. The van der Waals surface area contributed by atoms with Crippen LogP contribution in [0.4, 0.5) is 5.82 Å². The van der Waals surface area contributed by atoms with E-state index in [1.54, 1.807) is 18.9 Å². The lowest BCUT2D eigenvalue weighted by atomic mass is 10.2. The van der Waals surface area contributed by atoms with Crippen molar-refractivity contribution in [3.63, 3.8) is 0 Å². The van der Waals surface area contributed by atoms with Crippen molar-refractivity contribution in [1.29, 1.82) is 5.26 Å². The molecule has 0 amide bonds. The molecule has 1 heterocycles. The summed E-state index contributed by atoms with van der Waals surface area (Å²) in [5.41, 5.74) is 0.308. The third-order valence-electron chi connectivity index (χ3n) is 2.48. The van der Waals surface area contributed by atoms with Gasteiger partial charge in [0.05, 0.1) is 18.8 Å². The van der Waals surface area contributed by atoms with Crippen LogP contribution in [0, 0.1) is 11.3 Å². The lowest BCUT2D eigenvalue weighted by Gasteiger charge is -2.23. The van der Waals surface area contributed by atoms with Crippen LogP contribution in [-0.4, -0.2) is 44.4 Å². The molecule has 108 valence electrons. The third kappa shape index (κ3) is 4.37. The summed E-state index contributed by atoms with van der Waals surface area (Å²) in [6.07, 6.45) is 1.48. The van der Waals surface area contributed by atoms with Crippen molar-refractivity contribution in [2.45, 2.75) is 6.92 Å². The zero-order chi connectivity index (χ0) is 15.0. The minimum Gasteiger partial charge on any atom is -0.465 e. The lowest BCUT2D eigenvalue weighted by molar-refractivity contribution is -0.141. The maximum absolute atomic E-state index is 11.6. The average Bonchev–Trinajstić information content (AvgIpc) is 2.44. The Morgan fingerprint density at radius 2 is 2.35 bits per heavy atom. The summed E-state index contributed by atoms with van der Waals surface area (Å²) in [6, 6.07) is 3.50. The molecule has 7 heteroatoms. The number of esters is 1. The highest BCUT2D eigenvalue weighted by Crippen LogP contribution is 2.26. The van der Waals surface area contributed by atoms with E-state index in [9.17, 15) is 4.79 Å². The number of anilines is 1.